The summed E-state index contributed by atoms with van der Waals surface area (Å²) in [6, 6.07) is 22.6. The van der Waals surface area contributed by atoms with E-state index in [1.54, 1.807) is 6.07 Å². The van der Waals surface area contributed by atoms with Gasteiger partial charge in [0.05, 0.1) is 44.9 Å². The number of sulfonamides is 1. The second-order valence-electron chi connectivity index (χ2n) is 24.9. The predicted octanol–water partition coefficient (Wildman–Crippen LogP) is 8.99. The minimum Gasteiger partial charge on any atom is -0.468 e. The van der Waals surface area contributed by atoms with Gasteiger partial charge in [-0.25, -0.2) is 13.1 Å². The van der Waals surface area contributed by atoms with Gasteiger partial charge in [0.2, 0.25) is 5.88 Å². The third-order valence-corrected chi connectivity index (χ3v) is 20.6. The average Bonchev–Trinajstić information content (AvgIpc) is 4.05. The summed E-state index contributed by atoms with van der Waals surface area (Å²) < 4.78 is 43.3. The molecule has 6 heterocycles. The second kappa shape index (κ2) is 21.2. The highest BCUT2D eigenvalue weighted by Gasteiger charge is 2.51. The Hall–Kier alpha value is -5.83. The quantitative estimate of drug-likeness (QED) is 0.0549. The highest BCUT2D eigenvalue weighted by Crippen LogP contribution is 2.54. The number of hydrogen-bond donors (Lipinski definition) is 5. The maximum Gasteiger partial charge on any atom is 0.293 e. The molecule has 3 atom stereocenters. The van der Waals surface area contributed by atoms with Gasteiger partial charge >= 0.3 is 0 Å². The molecule has 5 aromatic rings. The van der Waals surface area contributed by atoms with Crippen LogP contribution in [0.3, 0.4) is 0 Å². The van der Waals surface area contributed by atoms with Crippen LogP contribution in [-0.2, 0) is 14.8 Å². The van der Waals surface area contributed by atoms with Crippen LogP contribution in [0.25, 0.3) is 11.0 Å². The maximum atomic E-state index is 14.8. The number of benzene rings is 3. The molecule has 1 spiro atoms. The summed E-state index contributed by atoms with van der Waals surface area (Å²) >= 11 is 0. The van der Waals surface area contributed by atoms with Crippen molar-refractivity contribution in [1.29, 1.82) is 0 Å². The zero-order valence-corrected chi connectivity index (χ0v) is 46.7. The van der Waals surface area contributed by atoms with Crippen molar-refractivity contribution in [3.63, 3.8) is 0 Å². The van der Waals surface area contributed by atoms with E-state index >= 15 is 0 Å². The summed E-state index contributed by atoms with van der Waals surface area (Å²) in [5, 5.41) is 37.5. The number of piperazine rings is 1. The number of H-pyrrole nitrogens is 1. The Morgan fingerprint density at radius 2 is 1.61 bits per heavy atom. The van der Waals surface area contributed by atoms with Crippen LogP contribution in [0.5, 0.6) is 5.88 Å². The number of carbonyl (C=O) groups excluding carboxylic acids is 1. The number of carbonyl (C=O) groups is 1. The molecule has 422 valence electrons. The van der Waals surface area contributed by atoms with Gasteiger partial charge in [0.1, 0.15) is 23.1 Å². The Kier molecular flexibility index (Phi) is 14.5. The van der Waals surface area contributed by atoms with Gasteiger partial charge in [0.15, 0.2) is 0 Å². The first-order valence-corrected chi connectivity index (χ1v) is 30.4. The molecule has 3 saturated carbocycles. The van der Waals surface area contributed by atoms with Crippen molar-refractivity contribution in [1.82, 2.24) is 24.5 Å². The molecule has 0 bridgehead atoms. The first-order valence-electron chi connectivity index (χ1n) is 28.9. The number of aromatic amines is 1. The van der Waals surface area contributed by atoms with Crippen molar-refractivity contribution in [2.45, 2.75) is 145 Å². The van der Waals surface area contributed by atoms with Gasteiger partial charge in [-0.2, -0.15) is 4.98 Å². The molecule has 3 aliphatic carbocycles. The Bertz CT molecular complexity index is 3190. The second-order valence-corrected chi connectivity index (χ2v) is 26.6. The number of hydrogen-bond acceptors (Lipinski definition) is 15. The first-order chi connectivity index (χ1) is 37.9. The number of aryl methyl sites for hydroxylation is 1. The fraction of sp³-hybridized carbons (Fsp3) is 0.567. The monoisotopic (exact) mass is 1100 g/mol. The van der Waals surface area contributed by atoms with Crippen LogP contribution in [0, 0.1) is 34.3 Å². The van der Waals surface area contributed by atoms with Gasteiger partial charge in [-0.15, -0.1) is 0 Å². The van der Waals surface area contributed by atoms with Crippen molar-refractivity contribution in [3.05, 3.63) is 106 Å². The standard InChI is InChI=1S/C60H77N9O9S/c1-39-6-4-5-7-46(39)53-37-65(36-41-14-20-59(3,72)21-15-41)27-28-67(53)44-33-60(34-44)22-25-66(26-23-60)43-8-10-47(50(31-43)68-49-17-29-77-38-54(49)78-57-52(68)30-42-16-24-61-55(42)63-57)56(70)64-79(75,76)45-9-11-48(51(32-45)69(73)74)62-35-40-12-18-58(2,71)19-13-40/h4-11,16,24,30-32,40-41,44,49,53-54,62,71-72H,12-15,17-23,25-29,33-38H2,1-3H3,(H,61,63)(H,64,70)/t40?,41?,49-,53-,54-,58?,59?/m0/s1. The van der Waals surface area contributed by atoms with Crippen molar-refractivity contribution in [2.75, 3.05) is 74.1 Å². The van der Waals surface area contributed by atoms with Crippen molar-refractivity contribution in [2.24, 2.45) is 17.3 Å². The fourth-order valence-corrected chi connectivity index (χ4v) is 15.4. The number of fused-ring (bicyclic) bond motifs is 3. The highest BCUT2D eigenvalue weighted by atomic mass is 32.2. The molecule has 3 saturated heterocycles. The van der Waals surface area contributed by atoms with Crippen LogP contribution in [0.2, 0.25) is 0 Å². The molecular formula is C60H77N9O9S. The zero-order chi connectivity index (χ0) is 54.8. The number of pyridine rings is 1. The number of nitro groups is 1. The van der Waals surface area contributed by atoms with Crippen molar-refractivity contribution in [3.8, 4) is 5.88 Å². The number of piperidine rings is 1. The van der Waals surface area contributed by atoms with E-state index in [-0.39, 0.29) is 28.6 Å². The normalized spacial score (nSPS) is 28.6. The van der Waals surface area contributed by atoms with Gasteiger partial charge in [0.25, 0.3) is 21.6 Å². The summed E-state index contributed by atoms with van der Waals surface area (Å²) in [5.41, 5.74) is 4.34. The number of aliphatic hydroxyl groups is 2. The van der Waals surface area contributed by atoms with Crippen LogP contribution < -0.4 is 24.6 Å². The molecule has 3 aromatic carbocycles. The van der Waals surface area contributed by atoms with Crippen LogP contribution in [0.15, 0.2) is 83.9 Å². The van der Waals surface area contributed by atoms with Crippen molar-refractivity contribution >= 4 is 55.4 Å². The van der Waals surface area contributed by atoms with Crippen molar-refractivity contribution < 1.29 is 37.8 Å². The molecule has 6 fully saturated rings. The largest absolute Gasteiger partial charge is 0.468 e. The van der Waals surface area contributed by atoms with Gasteiger partial charge in [-0.1, -0.05) is 24.3 Å². The number of nitrogens with one attached hydrogen (secondary N) is 3. The number of rotatable bonds is 13. The molecule has 0 unspecified atom stereocenters. The average molecular weight is 1100 g/mol. The molecule has 4 aliphatic heterocycles. The van der Waals surface area contributed by atoms with Crippen LogP contribution in [0.4, 0.5) is 28.4 Å². The number of anilines is 4. The van der Waals surface area contributed by atoms with Gasteiger partial charge in [0, 0.05) is 87.8 Å². The molecule has 0 radical (unpaired) electrons. The smallest absolute Gasteiger partial charge is 0.293 e. The summed E-state index contributed by atoms with van der Waals surface area (Å²) in [7, 11) is -4.63. The third-order valence-electron chi connectivity index (χ3n) is 19.3. The first kappa shape index (κ1) is 53.8. The molecule has 5 N–H and O–H groups in total. The van der Waals surface area contributed by atoms with Gasteiger partial charge in [-0.3, -0.25) is 24.7 Å². The van der Waals surface area contributed by atoms with Crippen LogP contribution in [0.1, 0.15) is 125 Å². The lowest BCUT2D eigenvalue weighted by Gasteiger charge is -2.58. The molecule has 19 heteroatoms. The molecule has 79 heavy (non-hydrogen) atoms. The van der Waals surface area contributed by atoms with Crippen LogP contribution in [-0.4, -0.2) is 138 Å². The Labute approximate surface area is 463 Å². The summed E-state index contributed by atoms with van der Waals surface area (Å²) in [4.78, 5) is 44.2. The van der Waals surface area contributed by atoms with E-state index < -0.39 is 48.7 Å². The molecule has 7 aliphatic rings. The molecule has 2 aromatic heterocycles. The summed E-state index contributed by atoms with van der Waals surface area (Å²) in [6.45, 7) is 13.1. The van der Waals surface area contributed by atoms with E-state index in [9.17, 15) is 33.5 Å². The molecule has 1 amide bonds. The lowest BCUT2D eigenvalue weighted by Crippen LogP contribution is -2.60. The third kappa shape index (κ3) is 11.1. The molecule has 18 nitrogen and oxygen atoms in total. The lowest BCUT2D eigenvalue weighted by atomic mass is 9.59. The van der Waals surface area contributed by atoms with E-state index in [0.29, 0.717) is 79.9 Å². The Morgan fingerprint density at radius 1 is 0.873 bits per heavy atom. The minimum atomic E-state index is -4.63. The maximum absolute atomic E-state index is 14.8. The van der Waals surface area contributed by atoms with E-state index in [1.807, 2.05) is 44.3 Å². The number of aromatic nitrogens is 2. The zero-order valence-electron chi connectivity index (χ0n) is 45.9. The summed E-state index contributed by atoms with van der Waals surface area (Å²) in [6.07, 6.45) is 13.0. The Morgan fingerprint density at radius 3 is 2.34 bits per heavy atom. The van der Waals surface area contributed by atoms with E-state index in [2.05, 4.69) is 65.8 Å². The number of amides is 1. The predicted molar refractivity (Wildman–Crippen MR) is 304 cm³/mol. The minimum absolute atomic E-state index is 0.115. The van der Waals surface area contributed by atoms with Gasteiger partial charge in [-0.05, 0) is 175 Å². The van der Waals surface area contributed by atoms with Gasteiger partial charge < -0.3 is 39.8 Å². The summed E-state index contributed by atoms with van der Waals surface area (Å²) in [5.74, 6) is 0.311. The topological polar surface area (TPSA) is 219 Å². The number of nitro benzene ring substituents is 1. The van der Waals surface area contributed by atoms with E-state index in [0.717, 1.165) is 121 Å². The SMILES string of the molecule is Cc1ccccc1[C@@H]1CN(CC2CCC(C)(O)CC2)CCN1C1CC2(CCN(c3ccc(C(=O)NS(=O)(=O)c4ccc(NCC5CCC(C)(O)CC5)c([N+](=O)[O-])c4)c(N4c5cc6cc[nH]c6nc5O[C@H]5COCC[C@@H]54)c3)CC2)C1. The molecular weight excluding hydrogens is 1020 g/mol. The van der Waals surface area contributed by atoms with E-state index in [1.165, 1.54) is 23.3 Å². The Balaban J connectivity index is 0.788. The highest BCUT2D eigenvalue weighted by molar-refractivity contribution is 7.90. The number of nitrogens with zero attached hydrogens (tertiary/aromatic N) is 6. The number of ether oxygens (including phenoxy) is 2. The van der Waals surface area contributed by atoms with E-state index in [4.69, 9.17) is 14.5 Å². The molecule has 12 rings (SSSR count). The lowest BCUT2D eigenvalue weighted by molar-refractivity contribution is -0.384. The fourth-order valence-electron chi connectivity index (χ4n) is 14.4. The van der Waals surface area contributed by atoms with Crippen LogP contribution >= 0.6 is 0 Å².